The summed E-state index contributed by atoms with van der Waals surface area (Å²) in [6, 6.07) is 14.5. The Bertz CT molecular complexity index is 690. The number of nitrogens with one attached hydrogen (secondary N) is 1. The molecule has 0 aromatic heterocycles. The van der Waals surface area contributed by atoms with Gasteiger partial charge < -0.3 is 14.8 Å². The minimum absolute atomic E-state index is 0.184. The van der Waals surface area contributed by atoms with E-state index in [0.29, 0.717) is 17.2 Å². The summed E-state index contributed by atoms with van der Waals surface area (Å²) in [4.78, 5) is 12.6. The fourth-order valence-electron chi connectivity index (χ4n) is 2.42. The van der Waals surface area contributed by atoms with Gasteiger partial charge in [0.25, 0.3) is 5.91 Å². The van der Waals surface area contributed by atoms with Gasteiger partial charge in [0.05, 0.1) is 18.2 Å². The molecule has 24 heavy (non-hydrogen) atoms. The molecule has 0 aliphatic rings. The van der Waals surface area contributed by atoms with E-state index < -0.39 is 6.10 Å². The van der Waals surface area contributed by atoms with E-state index in [1.165, 1.54) is 0 Å². The van der Waals surface area contributed by atoms with Crippen molar-refractivity contribution in [2.24, 2.45) is 0 Å². The Labute approximate surface area is 147 Å². The molecule has 0 saturated heterocycles. The standard InChI is InChI=1S/C19H22ClNO3/c1-4-16(24-18-12-8-6-10-15(18)20)19(22)21-13(2)14-9-5-7-11-17(14)23-3/h5-13,16H,4H2,1-3H3,(H,21,22)/t13-,16+/m0/s1. The molecule has 0 heterocycles. The molecule has 2 rings (SSSR count). The van der Waals surface area contributed by atoms with Crippen molar-refractivity contribution >= 4 is 17.5 Å². The number of benzene rings is 2. The average Bonchev–Trinajstić information content (AvgIpc) is 2.60. The van der Waals surface area contributed by atoms with Gasteiger partial charge in [0.1, 0.15) is 11.5 Å². The average molecular weight is 348 g/mol. The van der Waals surface area contributed by atoms with E-state index in [0.717, 1.165) is 11.3 Å². The van der Waals surface area contributed by atoms with E-state index in [2.05, 4.69) is 5.32 Å². The Kier molecular flexibility index (Phi) is 6.50. The van der Waals surface area contributed by atoms with E-state index in [4.69, 9.17) is 21.1 Å². The molecule has 128 valence electrons. The van der Waals surface area contributed by atoms with E-state index in [-0.39, 0.29) is 11.9 Å². The Balaban J connectivity index is 2.07. The normalized spacial score (nSPS) is 13.0. The first-order valence-corrected chi connectivity index (χ1v) is 8.29. The number of para-hydroxylation sites is 2. The van der Waals surface area contributed by atoms with Gasteiger partial charge in [-0.05, 0) is 31.5 Å². The molecule has 1 amide bonds. The molecule has 0 bridgehead atoms. The van der Waals surface area contributed by atoms with Gasteiger partial charge in [-0.25, -0.2) is 0 Å². The van der Waals surface area contributed by atoms with Crippen molar-refractivity contribution in [3.63, 3.8) is 0 Å². The van der Waals surface area contributed by atoms with Gasteiger partial charge in [-0.3, -0.25) is 4.79 Å². The van der Waals surface area contributed by atoms with Gasteiger partial charge in [0.15, 0.2) is 6.10 Å². The summed E-state index contributed by atoms with van der Waals surface area (Å²) in [5.74, 6) is 1.06. The number of halogens is 1. The molecule has 2 aromatic rings. The van der Waals surface area contributed by atoms with Crippen molar-refractivity contribution in [2.45, 2.75) is 32.4 Å². The van der Waals surface area contributed by atoms with Gasteiger partial charge >= 0.3 is 0 Å². The van der Waals surface area contributed by atoms with Crippen LogP contribution in [-0.2, 0) is 4.79 Å². The summed E-state index contributed by atoms with van der Waals surface area (Å²) in [5.41, 5.74) is 0.918. The van der Waals surface area contributed by atoms with Crippen LogP contribution in [-0.4, -0.2) is 19.1 Å². The van der Waals surface area contributed by atoms with Gasteiger partial charge in [-0.1, -0.05) is 48.9 Å². The lowest BCUT2D eigenvalue weighted by molar-refractivity contribution is -0.128. The van der Waals surface area contributed by atoms with Gasteiger partial charge in [0, 0.05) is 5.56 Å². The van der Waals surface area contributed by atoms with Gasteiger partial charge in [-0.15, -0.1) is 0 Å². The van der Waals surface area contributed by atoms with Crippen molar-refractivity contribution in [3.8, 4) is 11.5 Å². The molecule has 0 spiro atoms. The van der Waals surface area contributed by atoms with Gasteiger partial charge in [0.2, 0.25) is 0 Å². The Morgan fingerprint density at radius 3 is 2.38 bits per heavy atom. The monoisotopic (exact) mass is 347 g/mol. The number of methoxy groups -OCH3 is 1. The Morgan fingerprint density at radius 1 is 1.12 bits per heavy atom. The molecule has 1 N–H and O–H groups in total. The van der Waals surface area contributed by atoms with Crippen LogP contribution in [0, 0.1) is 0 Å². The maximum Gasteiger partial charge on any atom is 0.261 e. The highest BCUT2D eigenvalue weighted by Crippen LogP contribution is 2.26. The minimum atomic E-state index is -0.609. The highest BCUT2D eigenvalue weighted by molar-refractivity contribution is 6.32. The van der Waals surface area contributed by atoms with Crippen LogP contribution in [0.25, 0.3) is 0 Å². The van der Waals surface area contributed by atoms with Crippen molar-refractivity contribution in [3.05, 3.63) is 59.1 Å². The third-order valence-electron chi connectivity index (χ3n) is 3.73. The number of hydrogen-bond acceptors (Lipinski definition) is 3. The maximum atomic E-state index is 12.6. The van der Waals surface area contributed by atoms with Crippen molar-refractivity contribution in [2.75, 3.05) is 7.11 Å². The smallest absolute Gasteiger partial charge is 0.261 e. The van der Waals surface area contributed by atoms with Crippen LogP contribution < -0.4 is 14.8 Å². The molecule has 2 atom stereocenters. The Morgan fingerprint density at radius 2 is 1.75 bits per heavy atom. The molecule has 5 heteroatoms. The van der Waals surface area contributed by atoms with E-state index in [1.54, 1.807) is 19.2 Å². The number of amides is 1. The second-order valence-electron chi connectivity index (χ2n) is 5.42. The lowest BCUT2D eigenvalue weighted by atomic mass is 10.1. The number of carbonyl (C=O) groups excluding carboxylic acids is 1. The topological polar surface area (TPSA) is 47.6 Å². The van der Waals surface area contributed by atoms with Crippen LogP contribution in [0.4, 0.5) is 0 Å². The van der Waals surface area contributed by atoms with Crippen molar-refractivity contribution < 1.29 is 14.3 Å². The van der Waals surface area contributed by atoms with Crippen LogP contribution in [0.2, 0.25) is 5.02 Å². The second-order valence-corrected chi connectivity index (χ2v) is 5.82. The zero-order valence-corrected chi connectivity index (χ0v) is 14.8. The number of carbonyl (C=O) groups is 1. The third kappa shape index (κ3) is 4.42. The quantitative estimate of drug-likeness (QED) is 0.808. The van der Waals surface area contributed by atoms with E-state index in [9.17, 15) is 4.79 Å². The zero-order chi connectivity index (χ0) is 17.5. The molecule has 0 aliphatic heterocycles. The molecule has 0 aliphatic carbocycles. The summed E-state index contributed by atoms with van der Waals surface area (Å²) in [6.07, 6.45) is -0.0718. The fourth-order valence-corrected chi connectivity index (χ4v) is 2.60. The lowest BCUT2D eigenvalue weighted by Crippen LogP contribution is -2.39. The first kappa shape index (κ1) is 18.1. The highest BCUT2D eigenvalue weighted by Gasteiger charge is 2.22. The van der Waals surface area contributed by atoms with E-state index in [1.807, 2.05) is 50.2 Å². The molecule has 0 unspecified atom stereocenters. The molecule has 2 aromatic carbocycles. The number of rotatable bonds is 7. The largest absolute Gasteiger partial charge is 0.496 e. The Hall–Kier alpha value is -2.20. The van der Waals surface area contributed by atoms with Crippen LogP contribution in [0.15, 0.2) is 48.5 Å². The van der Waals surface area contributed by atoms with Crippen LogP contribution >= 0.6 is 11.6 Å². The molecular formula is C19H22ClNO3. The predicted octanol–water partition coefficient (Wildman–Crippen LogP) is 4.38. The number of hydrogen-bond donors (Lipinski definition) is 1. The summed E-state index contributed by atoms with van der Waals surface area (Å²) >= 11 is 6.10. The molecular weight excluding hydrogens is 326 g/mol. The molecule has 0 radical (unpaired) electrons. The molecule has 0 fully saturated rings. The summed E-state index contributed by atoms with van der Waals surface area (Å²) in [7, 11) is 1.61. The highest BCUT2D eigenvalue weighted by atomic mass is 35.5. The summed E-state index contributed by atoms with van der Waals surface area (Å²) in [5, 5.41) is 3.46. The molecule has 4 nitrogen and oxygen atoms in total. The molecule has 0 saturated carbocycles. The lowest BCUT2D eigenvalue weighted by Gasteiger charge is -2.22. The van der Waals surface area contributed by atoms with Crippen molar-refractivity contribution in [1.29, 1.82) is 0 Å². The summed E-state index contributed by atoms with van der Waals surface area (Å²) < 4.78 is 11.1. The zero-order valence-electron chi connectivity index (χ0n) is 14.1. The predicted molar refractivity (Wildman–Crippen MR) is 95.7 cm³/mol. The number of ether oxygens (including phenoxy) is 2. The first-order valence-electron chi connectivity index (χ1n) is 7.91. The SMILES string of the molecule is CC[C@@H](Oc1ccccc1Cl)C(=O)N[C@@H](C)c1ccccc1OC. The van der Waals surface area contributed by atoms with Crippen LogP contribution in [0.1, 0.15) is 31.9 Å². The maximum absolute atomic E-state index is 12.6. The van der Waals surface area contributed by atoms with E-state index >= 15 is 0 Å². The third-order valence-corrected chi connectivity index (χ3v) is 4.05. The van der Waals surface area contributed by atoms with Crippen LogP contribution in [0.3, 0.4) is 0 Å². The van der Waals surface area contributed by atoms with Crippen LogP contribution in [0.5, 0.6) is 11.5 Å². The summed E-state index contributed by atoms with van der Waals surface area (Å²) in [6.45, 7) is 3.81. The first-order chi connectivity index (χ1) is 11.6. The van der Waals surface area contributed by atoms with Gasteiger partial charge in [-0.2, -0.15) is 0 Å². The second kappa shape index (κ2) is 8.60. The van der Waals surface area contributed by atoms with Crippen molar-refractivity contribution in [1.82, 2.24) is 5.32 Å². The fraction of sp³-hybridized carbons (Fsp3) is 0.316. The minimum Gasteiger partial charge on any atom is -0.496 e.